The van der Waals surface area contributed by atoms with E-state index in [4.69, 9.17) is 14.6 Å². The van der Waals surface area contributed by atoms with Crippen LogP contribution in [0.1, 0.15) is 39.2 Å². The summed E-state index contributed by atoms with van der Waals surface area (Å²) in [6.07, 6.45) is -3.76. The summed E-state index contributed by atoms with van der Waals surface area (Å²) in [4.78, 5) is 34.4. The standard InChI is InChI=1S/C19H27FN2O6/c1-19(2,3)28-18(26)22-15(16(23)24)11-14(20)9-10-21-17(25)27-12-13-7-5-4-6-8-13/h4-8,14-15H,9-12H2,1-3H3,(H,21,25)(H,22,26)(H,23,24)/t14-,15-/m0/s1. The molecule has 28 heavy (non-hydrogen) atoms. The lowest BCUT2D eigenvalue weighted by atomic mass is 10.1. The number of ether oxygens (including phenoxy) is 2. The Bertz CT molecular complexity index is 648. The van der Waals surface area contributed by atoms with Gasteiger partial charge < -0.3 is 25.2 Å². The van der Waals surface area contributed by atoms with Gasteiger partial charge in [-0.15, -0.1) is 0 Å². The number of carboxylic acids is 1. The molecule has 156 valence electrons. The molecular formula is C19H27FN2O6. The van der Waals surface area contributed by atoms with Gasteiger partial charge in [-0.05, 0) is 32.8 Å². The highest BCUT2D eigenvalue weighted by molar-refractivity contribution is 5.80. The van der Waals surface area contributed by atoms with Crippen molar-refractivity contribution in [2.45, 2.75) is 58.0 Å². The normalized spacial score (nSPS) is 13.1. The van der Waals surface area contributed by atoms with Crippen LogP contribution in [0.15, 0.2) is 30.3 Å². The number of alkyl carbamates (subject to hydrolysis) is 2. The quantitative estimate of drug-likeness (QED) is 0.589. The van der Waals surface area contributed by atoms with Crippen molar-refractivity contribution in [3.05, 3.63) is 35.9 Å². The second kappa shape index (κ2) is 11.1. The van der Waals surface area contributed by atoms with Gasteiger partial charge in [-0.25, -0.2) is 18.8 Å². The SMILES string of the molecule is CC(C)(C)OC(=O)N[C@@H](C[C@@H](F)CCNC(=O)OCc1ccccc1)C(=O)O. The number of nitrogens with one attached hydrogen (secondary N) is 2. The molecule has 8 nitrogen and oxygen atoms in total. The van der Waals surface area contributed by atoms with Crippen LogP contribution in [-0.2, 0) is 20.9 Å². The third-order valence-corrected chi connectivity index (χ3v) is 3.42. The smallest absolute Gasteiger partial charge is 0.408 e. The lowest BCUT2D eigenvalue weighted by molar-refractivity contribution is -0.140. The maximum atomic E-state index is 14.1. The maximum Gasteiger partial charge on any atom is 0.408 e. The van der Waals surface area contributed by atoms with Gasteiger partial charge in [-0.3, -0.25) is 0 Å². The van der Waals surface area contributed by atoms with E-state index >= 15 is 0 Å². The number of carboxylic acid groups (broad SMARTS) is 1. The van der Waals surface area contributed by atoms with Gasteiger partial charge in [0.2, 0.25) is 0 Å². The summed E-state index contributed by atoms with van der Waals surface area (Å²) in [5, 5.41) is 13.7. The number of hydrogen-bond donors (Lipinski definition) is 3. The Labute approximate surface area is 163 Å². The maximum absolute atomic E-state index is 14.1. The highest BCUT2D eigenvalue weighted by Gasteiger charge is 2.26. The molecule has 0 radical (unpaired) electrons. The summed E-state index contributed by atoms with van der Waals surface area (Å²) < 4.78 is 24.0. The number of aliphatic carboxylic acids is 1. The van der Waals surface area contributed by atoms with Crippen LogP contribution in [0.3, 0.4) is 0 Å². The Morgan fingerprint density at radius 1 is 1.14 bits per heavy atom. The molecule has 1 aromatic rings. The van der Waals surface area contributed by atoms with Crippen LogP contribution in [0.5, 0.6) is 0 Å². The summed E-state index contributed by atoms with van der Waals surface area (Å²) in [6, 6.07) is 7.63. The number of alkyl halides is 1. The average Bonchev–Trinajstić information content (AvgIpc) is 2.58. The second-order valence-corrected chi connectivity index (χ2v) is 7.15. The third kappa shape index (κ3) is 10.3. The number of hydrogen-bond acceptors (Lipinski definition) is 5. The van der Waals surface area contributed by atoms with Gasteiger partial charge in [-0.2, -0.15) is 0 Å². The van der Waals surface area contributed by atoms with Crippen molar-refractivity contribution in [2.24, 2.45) is 0 Å². The van der Waals surface area contributed by atoms with Gasteiger partial charge in [0.25, 0.3) is 0 Å². The molecule has 0 aliphatic carbocycles. The van der Waals surface area contributed by atoms with Gasteiger partial charge >= 0.3 is 18.2 Å². The third-order valence-electron chi connectivity index (χ3n) is 3.42. The topological polar surface area (TPSA) is 114 Å². The molecular weight excluding hydrogens is 371 g/mol. The van der Waals surface area contributed by atoms with Crippen LogP contribution in [0.4, 0.5) is 14.0 Å². The van der Waals surface area contributed by atoms with Gasteiger partial charge in [0.1, 0.15) is 24.4 Å². The average molecular weight is 398 g/mol. The monoisotopic (exact) mass is 398 g/mol. The molecule has 0 heterocycles. The van der Waals surface area contributed by atoms with Crippen LogP contribution in [0.2, 0.25) is 0 Å². The molecule has 0 aromatic heterocycles. The molecule has 0 fully saturated rings. The fourth-order valence-electron chi connectivity index (χ4n) is 2.15. The minimum absolute atomic E-state index is 0.0342. The van der Waals surface area contributed by atoms with Gasteiger partial charge in [0.15, 0.2) is 0 Å². The van der Waals surface area contributed by atoms with E-state index in [0.29, 0.717) is 0 Å². The molecule has 2 amide bonds. The Hall–Kier alpha value is -2.84. The Morgan fingerprint density at radius 3 is 2.36 bits per heavy atom. The van der Waals surface area contributed by atoms with Crippen molar-refractivity contribution in [1.82, 2.24) is 10.6 Å². The lowest BCUT2D eigenvalue weighted by Gasteiger charge is -2.22. The van der Waals surface area contributed by atoms with Crippen LogP contribution >= 0.6 is 0 Å². The Morgan fingerprint density at radius 2 is 1.79 bits per heavy atom. The first-order valence-electron chi connectivity index (χ1n) is 8.88. The molecule has 1 aromatic carbocycles. The van der Waals surface area contributed by atoms with Crippen molar-refractivity contribution >= 4 is 18.2 Å². The summed E-state index contributed by atoms with van der Waals surface area (Å²) in [5.41, 5.74) is 0.0188. The number of halogens is 1. The summed E-state index contributed by atoms with van der Waals surface area (Å²) in [7, 11) is 0. The second-order valence-electron chi connectivity index (χ2n) is 7.15. The number of rotatable bonds is 9. The first-order valence-corrected chi connectivity index (χ1v) is 8.88. The van der Waals surface area contributed by atoms with E-state index in [1.807, 2.05) is 18.2 Å². The molecule has 0 saturated heterocycles. The minimum atomic E-state index is -1.55. The van der Waals surface area contributed by atoms with Crippen molar-refractivity contribution in [3.63, 3.8) is 0 Å². The summed E-state index contributed by atoms with van der Waals surface area (Å²) in [5.74, 6) is -1.37. The van der Waals surface area contributed by atoms with Crippen LogP contribution in [-0.4, -0.2) is 47.6 Å². The zero-order valence-electron chi connectivity index (χ0n) is 16.2. The molecule has 0 saturated carbocycles. The molecule has 1 rings (SSSR count). The van der Waals surface area contributed by atoms with E-state index in [1.165, 1.54) is 0 Å². The van der Waals surface area contributed by atoms with Gasteiger partial charge in [0.05, 0.1) is 0 Å². The van der Waals surface area contributed by atoms with Crippen molar-refractivity contribution in [2.75, 3.05) is 6.54 Å². The van der Waals surface area contributed by atoms with E-state index in [1.54, 1.807) is 32.9 Å². The lowest BCUT2D eigenvalue weighted by Crippen LogP contribution is -2.45. The minimum Gasteiger partial charge on any atom is -0.480 e. The molecule has 0 bridgehead atoms. The number of benzene rings is 1. The van der Waals surface area contributed by atoms with Crippen LogP contribution < -0.4 is 10.6 Å². The number of carbonyl (C=O) groups is 3. The van der Waals surface area contributed by atoms with Gasteiger partial charge in [-0.1, -0.05) is 30.3 Å². The van der Waals surface area contributed by atoms with Crippen molar-refractivity contribution in [3.8, 4) is 0 Å². The van der Waals surface area contributed by atoms with E-state index in [-0.39, 0.29) is 19.6 Å². The first-order chi connectivity index (χ1) is 13.1. The van der Waals surface area contributed by atoms with Crippen LogP contribution in [0, 0.1) is 0 Å². The van der Waals surface area contributed by atoms with E-state index < -0.39 is 42.4 Å². The van der Waals surface area contributed by atoms with E-state index in [2.05, 4.69) is 10.6 Å². The highest BCUT2D eigenvalue weighted by Crippen LogP contribution is 2.10. The summed E-state index contributed by atoms with van der Waals surface area (Å²) >= 11 is 0. The number of carbonyl (C=O) groups excluding carboxylic acids is 2. The largest absolute Gasteiger partial charge is 0.480 e. The fraction of sp³-hybridized carbons (Fsp3) is 0.526. The Kier molecular flexibility index (Phi) is 9.20. The molecule has 3 N–H and O–H groups in total. The Balaban J connectivity index is 2.32. The van der Waals surface area contributed by atoms with E-state index in [0.717, 1.165) is 5.56 Å². The van der Waals surface area contributed by atoms with Crippen molar-refractivity contribution < 1.29 is 33.4 Å². The molecule has 0 aliphatic heterocycles. The zero-order chi connectivity index (χ0) is 21.2. The van der Waals surface area contributed by atoms with Gasteiger partial charge in [0, 0.05) is 13.0 Å². The number of amides is 2. The molecule has 0 unspecified atom stereocenters. The predicted octanol–water partition coefficient (Wildman–Crippen LogP) is 3.01. The molecule has 0 spiro atoms. The predicted molar refractivity (Wildman–Crippen MR) is 99.6 cm³/mol. The molecule has 2 atom stereocenters. The molecule has 9 heteroatoms. The summed E-state index contributed by atoms with van der Waals surface area (Å²) in [6.45, 7) is 4.94. The first kappa shape index (κ1) is 23.2. The van der Waals surface area contributed by atoms with E-state index in [9.17, 15) is 18.8 Å². The highest BCUT2D eigenvalue weighted by atomic mass is 19.1. The van der Waals surface area contributed by atoms with Crippen molar-refractivity contribution in [1.29, 1.82) is 0 Å². The molecule has 0 aliphatic rings. The zero-order valence-corrected chi connectivity index (χ0v) is 16.2. The fourth-order valence-corrected chi connectivity index (χ4v) is 2.15. The van der Waals surface area contributed by atoms with Crippen LogP contribution in [0.25, 0.3) is 0 Å².